The highest BCUT2D eigenvalue weighted by Gasteiger charge is 2.34. The molecule has 0 spiro atoms. The van der Waals surface area contributed by atoms with Crippen molar-refractivity contribution in [2.24, 2.45) is 0 Å². The summed E-state index contributed by atoms with van der Waals surface area (Å²) in [4.78, 5) is 0. The number of hydrogen-bond acceptors (Lipinski definition) is 0. The Morgan fingerprint density at radius 1 is 0.392 bits per heavy atom. The molecule has 240 valence electrons. The highest BCUT2D eigenvalue weighted by molar-refractivity contribution is 6.21. The van der Waals surface area contributed by atoms with Crippen LogP contribution in [0.1, 0.15) is 35.6 Å². The molecule has 0 aliphatic heterocycles. The van der Waals surface area contributed by atoms with E-state index in [-0.39, 0.29) is 5.41 Å². The van der Waals surface area contributed by atoms with Crippen molar-refractivity contribution in [2.45, 2.75) is 18.8 Å². The molecule has 1 unspecified atom stereocenters. The average molecular weight is 649 g/mol. The lowest BCUT2D eigenvalue weighted by Crippen LogP contribution is -2.27. The second kappa shape index (κ2) is 11.7. The summed E-state index contributed by atoms with van der Waals surface area (Å²) in [6.45, 7) is 2.43. The van der Waals surface area contributed by atoms with Crippen molar-refractivity contribution in [3.63, 3.8) is 0 Å². The fraction of sp³-hybridized carbons (Fsp3) is 0.0588. The van der Waals surface area contributed by atoms with Crippen LogP contribution in [0.25, 0.3) is 70.9 Å². The minimum absolute atomic E-state index is 0.177. The summed E-state index contributed by atoms with van der Waals surface area (Å²) >= 11 is 0. The quantitative estimate of drug-likeness (QED) is 0.167. The van der Waals surface area contributed by atoms with Crippen molar-refractivity contribution in [1.29, 1.82) is 0 Å². The van der Waals surface area contributed by atoms with Crippen molar-refractivity contribution in [3.05, 3.63) is 210 Å². The van der Waals surface area contributed by atoms with Crippen LogP contribution in [0.5, 0.6) is 0 Å². The van der Waals surface area contributed by atoms with Gasteiger partial charge in [0, 0.05) is 5.41 Å². The van der Waals surface area contributed by atoms with E-state index in [1.165, 1.54) is 93.2 Å². The normalized spacial score (nSPS) is 15.7. The van der Waals surface area contributed by atoms with Crippen molar-refractivity contribution in [1.82, 2.24) is 0 Å². The van der Waals surface area contributed by atoms with Crippen LogP contribution >= 0.6 is 0 Å². The zero-order chi connectivity index (χ0) is 33.9. The first-order valence-electron chi connectivity index (χ1n) is 18.0. The molecule has 0 radical (unpaired) electrons. The maximum atomic E-state index is 2.47. The molecule has 51 heavy (non-hydrogen) atoms. The van der Waals surface area contributed by atoms with Gasteiger partial charge in [0.2, 0.25) is 0 Å². The molecular formula is C51H36. The van der Waals surface area contributed by atoms with Gasteiger partial charge in [0.25, 0.3) is 0 Å². The van der Waals surface area contributed by atoms with Crippen molar-refractivity contribution < 1.29 is 0 Å². The Labute approximate surface area is 299 Å². The van der Waals surface area contributed by atoms with Gasteiger partial charge in [-0.05, 0) is 112 Å². The van der Waals surface area contributed by atoms with E-state index in [1.54, 1.807) is 0 Å². The molecule has 9 aromatic rings. The monoisotopic (exact) mass is 648 g/mol. The maximum absolute atomic E-state index is 2.47. The minimum atomic E-state index is -0.177. The first-order valence-corrected chi connectivity index (χ1v) is 18.0. The molecule has 0 heterocycles. The van der Waals surface area contributed by atoms with Crippen LogP contribution in [-0.2, 0) is 5.41 Å². The second-order valence-corrected chi connectivity index (χ2v) is 14.2. The standard InChI is InChI=1S/C51H36/c1-51(30-29-42(43-19-10-11-24-48(43)51)38-27-25-34-13-2-4-15-36(34)31-38)41-18-12-17-39(33-41)49-44-20-6-8-22-46(44)50(47-23-9-7-21-45(47)49)40-28-26-35-14-3-5-16-37(35)32-40/h2-29,31-33H,30H2,1H3. The van der Waals surface area contributed by atoms with E-state index in [0.717, 1.165) is 6.42 Å². The lowest BCUT2D eigenvalue weighted by molar-refractivity contribution is 0.573. The molecule has 0 nitrogen and oxygen atoms in total. The van der Waals surface area contributed by atoms with E-state index >= 15 is 0 Å². The van der Waals surface area contributed by atoms with Gasteiger partial charge < -0.3 is 0 Å². The Balaban J connectivity index is 1.14. The van der Waals surface area contributed by atoms with Gasteiger partial charge in [-0.1, -0.05) is 183 Å². The molecule has 10 rings (SSSR count). The van der Waals surface area contributed by atoms with Crippen LogP contribution in [0.2, 0.25) is 0 Å². The smallest absolute Gasteiger partial charge is 0.0215 e. The largest absolute Gasteiger partial charge is 0.0748 e. The number of benzene rings is 9. The fourth-order valence-corrected chi connectivity index (χ4v) is 8.74. The van der Waals surface area contributed by atoms with Crippen molar-refractivity contribution in [2.75, 3.05) is 0 Å². The van der Waals surface area contributed by atoms with E-state index in [4.69, 9.17) is 0 Å². The molecule has 0 saturated carbocycles. The number of fused-ring (bicyclic) bond motifs is 5. The van der Waals surface area contributed by atoms with E-state index in [0.29, 0.717) is 0 Å². The third kappa shape index (κ3) is 4.75. The Morgan fingerprint density at radius 2 is 0.882 bits per heavy atom. The molecule has 0 heteroatoms. The Bertz CT molecular complexity index is 2790. The lowest BCUT2D eigenvalue weighted by atomic mass is 9.67. The summed E-state index contributed by atoms with van der Waals surface area (Å²) in [6, 6.07) is 67.5. The van der Waals surface area contributed by atoms with E-state index < -0.39 is 0 Å². The van der Waals surface area contributed by atoms with Gasteiger partial charge >= 0.3 is 0 Å². The van der Waals surface area contributed by atoms with E-state index in [1.807, 2.05) is 0 Å². The van der Waals surface area contributed by atoms with Gasteiger partial charge in [-0.15, -0.1) is 0 Å². The number of allylic oxidation sites excluding steroid dienone is 1. The predicted octanol–water partition coefficient (Wildman–Crippen LogP) is 13.8. The molecule has 1 aliphatic carbocycles. The van der Waals surface area contributed by atoms with Crippen molar-refractivity contribution >= 4 is 48.7 Å². The van der Waals surface area contributed by atoms with Crippen molar-refractivity contribution in [3.8, 4) is 22.3 Å². The third-order valence-electron chi connectivity index (χ3n) is 11.3. The first kappa shape index (κ1) is 29.7. The van der Waals surface area contributed by atoms with Crippen LogP contribution in [0.3, 0.4) is 0 Å². The third-order valence-corrected chi connectivity index (χ3v) is 11.3. The molecule has 0 aromatic heterocycles. The molecule has 0 N–H and O–H groups in total. The summed E-state index contributed by atoms with van der Waals surface area (Å²) in [5.74, 6) is 0. The Morgan fingerprint density at radius 3 is 1.51 bits per heavy atom. The fourth-order valence-electron chi connectivity index (χ4n) is 8.74. The van der Waals surface area contributed by atoms with Gasteiger partial charge in [-0.3, -0.25) is 0 Å². The number of hydrogen-bond donors (Lipinski definition) is 0. The van der Waals surface area contributed by atoms with Gasteiger partial charge in [0.05, 0.1) is 0 Å². The molecule has 1 aliphatic rings. The van der Waals surface area contributed by atoms with Crippen LogP contribution in [0.15, 0.2) is 188 Å². The van der Waals surface area contributed by atoms with E-state index in [2.05, 4.69) is 195 Å². The average Bonchev–Trinajstić information content (AvgIpc) is 3.20. The molecule has 9 aromatic carbocycles. The molecule has 0 bridgehead atoms. The summed E-state index contributed by atoms with van der Waals surface area (Å²) in [7, 11) is 0. The zero-order valence-electron chi connectivity index (χ0n) is 28.6. The topological polar surface area (TPSA) is 0 Å². The van der Waals surface area contributed by atoms with Gasteiger partial charge in [-0.25, -0.2) is 0 Å². The highest BCUT2D eigenvalue weighted by atomic mass is 14.4. The molecule has 0 fully saturated rings. The maximum Gasteiger partial charge on any atom is 0.0215 e. The van der Waals surface area contributed by atoms with Crippen LogP contribution in [0, 0.1) is 0 Å². The molecule has 0 amide bonds. The first-order chi connectivity index (χ1) is 25.2. The highest BCUT2D eigenvalue weighted by Crippen LogP contribution is 2.48. The van der Waals surface area contributed by atoms with Gasteiger partial charge in [-0.2, -0.15) is 0 Å². The summed E-state index contributed by atoms with van der Waals surface area (Å²) in [5, 5.41) is 10.2. The van der Waals surface area contributed by atoms with Gasteiger partial charge in [0.15, 0.2) is 0 Å². The van der Waals surface area contributed by atoms with Crippen LogP contribution in [-0.4, -0.2) is 0 Å². The van der Waals surface area contributed by atoms with Crippen LogP contribution < -0.4 is 0 Å². The SMILES string of the molecule is CC1(c2cccc(-c3c4ccccc4c(-c4ccc5ccccc5c4)c4ccccc34)c2)CC=C(c2ccc3ccccc3c2)c2ccccc21. The molecule has 0 saturated heterocycles. The summed E-state index contributed by atoms with van der Waals surface area (Å²) < 4.78 is 0. The van der Waals surface area contributed by atoms with Gasteiger partial charge in [0.1, 0.15) is 0 Å². The Hall–Kier alpha value is -6.24. The lowest BCUT2D eigenvalue weighted by Gasteiger charge is -2.36. The molecule has 1 atom stereocenters. The minimum Gasteiger partial charge on any atom is -0.0748 e. The molecular weight excluding hydrogens is 613 g/mol. The Kier molecular flexibility index (Phi) is 6.79. The number of rotatable bonds is 4. The summed E-state index contributed by atoms with van der Waals surface area (Å²) in [5.41, 5.74) is 11.6. The summed E-state index contributed by atoms with van der Waals surface area (Å²) in [6.07, 6.45) is 3.40. The van der Waals surface area contributed by atoms with E-state index in [9.17, 15) is 0 Å². The second-order valence-electron chi connectivity index (χ2n) is 14.2. The zero-order valence-corrected chi connectivity index (χ0v) is 28.6. The van der Waals surface area contributed by atoms with Crippen LogP contribution in [0.4, 0.5) is 0 Å². The predicted molar refractivity (Wildman–Crippen MR) is 218 cm³/mol.